The molecule has 0 aromatic rings. The fourth-order valence-corrected chi connectivity index (χ4v) is 6.70. The minimum absolute atomic E-state index is 0.0674. The third-order valence-corrected chi connectivity index (χ3v) is 10.1. The molecule has 0 aliphatic rings. The molecule has 0 bridgehead atoms. The van der Waals surface area contributed by atoms with Gasteiger partial charge >= 0.3 is 17.9 Å². The molecular weight excluding hydrogens is 648 g/mol. The van der Waals surface area contributed by atoms with E-state index in [1.54, 1.807) is 0 Å². The summed E-state index contributed by atoms with van der Waals surface area (Å²) in [7, 11) is 0. The summed E-state index contributed by atoms with van der Waals surface area (Å²) in [6.07, 6.45) is 34.0. The molecule has 1 atom stereocenters. The lowest BCUT2D eigenvalue weighted by molar-refractivity contribution is -0.167. The Morgan fingerprint density at radius 1 is 0.327 bits per heavy atom. The first-order chi connectivity index (χ1) is 25.1. The Morgan fingerprint density at radius 2 is 0.558 bits per heavy atom. The van der Waals surface area contributed by atoms with E-state index >= 15 is 0 Å². The molecule has 6 nitrogen and oxygen atoms in total. The third-order valence-electron chi connectivity index (χ3n) is 10.1. The maximum Gasteiger partial charge on any atom is 0.306 e. The Hall–Kier alpha value is -1.59. The van der Waals surface area contributed by atoms with Gasteiger partial charge in [-0.3, -0.25) is 14.4 Å². The number of hydrogen-bond donors (Lipinski definition) is 0. The highest BCUT2D eigenvalue weighted by atomic mass is 16.6. The van der Waals surface area contributed by atoms with E-state index in [0.717, 1.165) is 75.5 Å². The van der Waals surface area contributed by atoms with Crippen molar-refractivity contribution >= 4 is 17.9 Å². The van der Waals surface area contributed by atoms with Crippen LogP contribution in [0.5, 0.6) is 0 Å². The molecule has 6 heteroatoms. The number of hydrogen-bond acceptors (Lipinski definition) is 6. The number of carbonyl (C=O) groups excluding carboxylic acids is 3. The molecule has 0 rings (SSSR count). The second-order valence-electron chi connectivity index (χ2n) is 17.1. The summed E-state index contributed by atoms with van der Waals surface area (Å²) in [6.45, 7) is 13.5. The number of unbranched alkanes of at least 4 members (excludes halogenated alkanes) is 22. The van der Waals surface area contributed by atoms with Crippen LogP contribution in [0.25, 0.3) is 0 Å². The lowest BCUT2D eigenvalue weighted by Gasteiger charge is -2.18. The lowest BCUT2D eigenvalue weighted by Crippen LogP contribution is -2.30. The van der Waals surface area contributed by atoms with E-state index in [2.05, 4.69) is 41.5 Å². The van der Waals surface area contributed by atoms with Crippen molar-refractivity contribution < 1.29 is 28.6 Å². The van der Waals surface area contributed by atoms with Crippen molar-refractivity contribution in [3.05, 3.63) is 0 Å². The van der Waals surface area contributed by atoms with E-state index in [1.165, 1.54) is 122 Å². The monoisotopic (exact) mass is 737 g/mol. The second kappa shape index (κ2) is 37.7. The van der Waals surface area contributed by atoms with Gasteiger partial charge < -0.3 is 14.2 Å². The van der Waals surface area contributed by atoms with Crippen LogP contribution < -0.4 is 0 Å². The Bertz CT molecular complexity index is 807. The minimum Gasteiger partial charge on any atom is -0.462 e. The summed E-state index contributed by atoms with van der Waals surface area (Å²) in [6, 6.07) is 0. The van der Waals surface area contributed by atoms with Gasteiger partial charge in [0.15, 0.2) is 6.10 Å². The molecule has 0 heterocycles. The summed E-state index contributed by atoms with van der Waals surface area (Å²) in [4.78, 5) is 37.6. The quantitative estimate of drug-likeness (QED) is 0.0355. The molecule has 0 aromatic heterocycles. The topological polar surface area (TPSA) is 78.9 Å². The first kappa shape index (κ1) is 50.4. The maximum atomic E-state index is 12.6. The van der Waals surface area contributed by atoms with Crippen molar-refractivity contribution in [1.82, 2.24) is 0 Å². The summed E-state index contributed by atoms with van der Waals surface area (Å²) in [5.41, 5.74) is 0. The largest absolute Gasteiger partial charge is 0.462 e. The number of carbonyl (C=O) groups is 3. The SMILES string of the molecule is CC(C)CCCCCCCCCCCCCCCC(=O)OC[C@H](COC(=O)CCCCCCCCC(C)C)OC(=O)CCCCCCCCC(C)C. The second-order valence-corrected chi connectivity index (χ2v) is 17.1. The van der Waals surface area contributed by atoms with Gasteiger partial charge in [0, 0.05) is 19.3 Å². The minimum atomic E-state index is -0.762. The van der Waals surface area contributed by atoms with E-state index in [-0.39, 0.29) is 31.1 Å². The molecular formula is C46H88O6. The number of rotatable bonds is 39. The fourth-order valence-electron chi connectivity index (χ4n) is 6.70. The van der Waals surface area contributed by atoms with E-state index in [4.69, 9.17) is 14.2 Å². The lowest BCUT2D eigenvalue weighted by atomic mass is 10.0. The third kappa shape index (κ3) is 39.6. The van der Waals surface area contributed by atoms with Crippen LogP contribution in [0, 0.1) is 17.8 Å². The molecule has 52 heavy (non-hydrogen) atoms. The van der Waals surface area contributed by atoms with Gasteiger partial charge in [-0.25, -0.2) is 0 Å². The zero-order valence-electron chi connectivity index (χ0n) is 35.6. The molecule has 0 saturated heterocycles. The zero-order valence-corrected chi connectivity index (χ0v) is 35.6. The van der Waals surface area contributed by atoms with Crippen LogP contribution in [0.2, 0.25) is 0 Å². The maximum absolute atomic E-state index is 12.6. The predicted octanol–water partition coefficient (Wildman–Crippen LogP) is 14.0. The highest BCUT2D eigenvalue weighted by molar-refractivity contribution is 5.71. The first-order valence-corrected chi connectivity index (χ1v) is 22.6. The molecule has 0 aliphatic heterocycles. The van der Waals surface area contributed by atoms with E-state index in [0.29, 0.717) is 19.3 Å². The van der Waals surface area contributed by atoms with Gasteiger partial charge in [0.05, 0.1) is 0 Å². The van der Waals surface area contributed by atoms with Gasteiger partial charge in [0.1, 0.15) is 13.2 Å². The molecule has 308 valence electrons. The standard InChI is InChI=1S/C46H88O6/c1-40(2)32-26-20-14-12-10-8-7-9-11-13-15-23-29-35-44(47)50-38-43(52-46(49)37-31-25-19-17-22-28-34-42(5)6)39-51-45(48)36-30-24-18-16-21-27-33-41(3)4/h40-43H,7-39H2,1-6H3/t43-/m1/s1. The molecule has 0 spiro atoms. The molecule has 0 amide bonds. The Kier molecular flexibility index (Phi) is 36.6. The smallest absolute Gasteiger partial charge is 0.306 e. The van der Waals surface area contributed by atoms with Crippen LogP contribution >= 0.6 is 0 Å². The predicted molar refractivity (Wildman–Crippen MR) is 219 cm³/mol. The molecule has 0 radical (unpaired) electrons. The summed E-state index contributed by atoms with van der Waals surface area (Å²) < 4.78 is 16.7. The molecule has 0 N–H and O–H groups in total. The van der Waals surface area contributed by atoms with Gasteiger partial charge in [0.25, 0.3) is 0 Å². The first-order valence-electron chi connectivity index (χ1n) is 22.6. The molecule has 0 unspecified atom stereocenters. The van der Waals surface area contributed by atoms with Gasteiger partial charge in [-0.1, -0.05) is 202 Å². The van der Waals surface area contributed by atoms with Gasteiger partial charge in [-0.05, 0) is 37.0 Å². The summed E-state index contributed by atoms with van der Waals surface area (Å²) in [5, 5.41) is 0. The highest BCUT2D eigenvalue weighted by Gasteiger charge is 2.19. The Labute approximate surface area is 323 Å². The van der Waals surface area contributed by atoms with Crippen molar-refractivity contribution in [3.63, 3.8) is 0 Å². The van der Waals surface area contributed by atoms with Crippen molar-refractivity contribution in [1.29, 1.82) is 0 Å². The van der Waals surface area contributed by atoms with Crippen molar-refractivity contribution in [2.24, 2.45) is 17.8 Å². The van der Waals surface area contributed by atoms with Crippen molar-refractivity contribution in [2.75, 3.05) is 13.2 Å². The molecule has 0 aromatic carbocycles. The van der Waals surface area contributed by atoms with E-state index in [9.17, 15) is 14.4 Å². The zero-order chi connectivity index (χ0) is 38.5. The number of ether oxygens (including phenoxy) is 3. The van der Waals surface area contributed by atoms with Crippen LogP contribution in [-0.2, 0) is 28.6 Å². The Morgan fingerprint density at radius 3 is 0.827 bits per heavy atom. The molecule has 0 fully saturated rings. The average Bonchev–Trinajstić information content (AvgIpc) is 3.09. The number of esters is 3. The van der Waals surface area contributed by atoms with Gasteiger partial charge in [-0.2, -0.15) is 0 Å². The van der Waals surface area contributed by atoms with Crippen molar-refractivity contribution in [2.45, 2.75) is 247 Å². The Balaban J connectivity index is 4.26. The van der Waals surface area contributed by atoms with Crippen LogP contribution in [0.4, 0.5) is 0 Å². The van der Waals surface area contributed by atoms with Gasteiger partial charge in [-0.15, -0.1) is 0 Å². The summed E-state index contributed by atoms with van der Waals surface area (Å²) in [5.74, 6) is 1.49. The fraction of sp³-hybridized carbons (Fsp3) is 0.935. The van der Waals surface area contributed by atoms with Crippen LogP contribution in [0.3, 0.4) is 0 Å². The van der Waals surface area contributed by atoms with E-state index in [1.807, 2.05) is 0 Å². The summed E-state index contributed by atoms with van der Waals surface area (Å²) >= 11 is 0. The average molecular weight is 737 g/mol. The molecule has 0 aliphatic carbocycles. The van der Waals surface area contributed by atoms with E-state index < -0.39 is 6.10 Å². The highest BCUT2D eigenvalue weighted by Crippen LogP contribution is 2.16. The van der Waals surface area contributed by atoms with Crippen molar-refractivity contribution in [3.8, 4) is 0 Å². The van der Waals surface area contributed by atoms with Crippen LogP contribution in [0.1, 0.15) is 241 Å². The van der Waals surface area contributed by atoms with Crippen LogP contribution in [0.15, 0.2) is 0 Å². The molecule has 0 saturated carbocycles. The normalized spacial score (nSPS) is 12.2. The van der Waals surface area contributed by atoms with Gasteiger partial charge in [0.2, 0.25) is 0 Å². The van der Waals surface area contributed by atoms with Crippen LogP contribution in [-0.4, -0.2) is 37.2 Å².